The minimum atomic E-state index is 0.336. The van der Waals surface area contributed by atoms with Gasteiger partial charge in [-0.1, -0.05) is 40.5 Å². The molecule has 1 aliphatic carbocycles. The van der Waals surface area contributed by atoms with Crippen LogP contribution in [0.3, 0.4) is 0 Å². The van der Waals surface area contributed by atoms with Crippen molar-refractivity contribution in [2.24, 2.45) is 23.0 Å². The molecule has 2 fully saturated rings. The third-order valence-corrected chi connectivity index (χ3v) is 6.97. The highest BCUT2D eigenvalue weighted by Crippen LogP contribution is 2.46. The van der Waals surface area contributed by atoms with Gasteiger partial charge in [0.15, 0.2) is 0 Å². The van der Waals surface area contributed by atoms with Crippen LogP contribution in [0.1, 0.15) is 79.1 Å². The van der Waals surface area contributed by atoms with Crippen LogP contribution in [0.4, 0.5) is 0 Å². The zero-order valence-corrected chi connectivity index (χ0v) is 15.0. The van der Waals surface area contributed by atoms with Crippen LogP contribution >= 0.6 is 0 Å². The summed E-state index contributed by atoms with van der Waals surface area (Å²) in [5, 5.41) is 0. The molecule has 21 heavy (non-hydrogen) atoms. The number of rotatable bonds is 6. The molecule has 2 aliphatic rings. The second-order valence-corrected chi connectivity index (χ2v) is 8.43. The van der Waals surface area contributed by atoms with Crippen LogP contribution in [0.2, 0.25) is 0 Å². The first-order valence-corrected chi connectivity index (χ1v) is 9.42. The van der Waals surface area contributed by atoms with Gasteiger partial charge in [-0.3, -0.25) is 4.90 Å². The van der Waals surface area contributed by atoms with Crippen molar-refractivity contribution in [3.63, 3.8) is 0 Å². The molecule has 124 valence electrons. The monoisotopic (exact) mass is 294 g/mol. The number of hydrogen-bond donors (Lipinski definition) is 1. The van der Waals surface area contributed by atoms with Crippen LogP contribution < -0.4 is 5.73 Å². The van der Waals surface area contributed by atoms with Gasteiger partial charge in [0.05, 0.1) is 0 Å². The van der Waals surface area contributed by atoms with Crippen molar-refractivity contribution in [3.05, 3.63) is 0 Å². The smallest absolute Gasteiger partial charge is 0.0332 e. The van der Waals surface area contributed by atoms with Crippen LogP contribution in [-0.2, 0) is 0 Å². The van der Waals surface area contributed by atoms with Crippen LogP contribution in [0.5, 0.6) is 0 Å². The highest BCUT2D eigenvalue weighted by Gasteiger charge is 2.44. The molecule has 0 aromatic carbocycles. The van der Waals surface area contributed by atoms with Gasteiger partial charge in [0, 0.05) is 18.6 Å². The van der Waals surface area contributed by atoms with E-state index in [1.165, 1.54) is 64.5 Å². The summed E-state index contributed by atoms with van der Waals surface area (Å²) in [6.45, 7) is 13.1. The summed E-state index contributed by atoms with van der Waals surface area (Å²) in [4.78, 5) is 2.78. The van der Waals surface area contributed by atoms with Crippen molar-refractivity contribution in [1.29, 1.82) is 0 Å². The van der Waals surface area contributed by atoms with E-state index in [-0.39, 0.29) is 0 Å². The molecular formula is C19H38N2. The van der Waals surface area contributed by atoms with E-state index >= 15 is 0 Å². The number of nitrogens with two attached hydrogens (primary N) is 1. The summed E-state index contributed by atoms with van der Waals surface area (Å²) in [6, 6.07) is 0. The van der Waals surface area contributed by atoms with Crippen molar-refractivity contribution < 1.29 is 0 Å². The standard InChI is InChI=1S/C19H38N2/c1-5-7-16-10-13-21(14-16)19(15-20)11-8-17(9-12-19)18(3,4)6-2/h16-17H,5-15,20H2,1-4H3. The van der Waals surface area contributed by atoms with E-state index in [2.05, 4.69) is 32.6 Å². The molecule has 1 heterocycles. The number of likely N-dealkylation sites (tertiary alicyclic amines) is 1. The molecule has 2 nitrogen and oxygen atoms in total. The Kier molecular flexibility index (Phi) is 5.76. The molecule has 0 radical (unpaired) electrons. The number of hydrogen-bond acceptors (Lipinski definition) is 2. The Morgan fingerprint density at radius 2 is 1.81 bits per heavy atom. The summed E-state index contributed by atoms with van der Waals surface area (Å²) in [5.41, 5.74) is 7.13. The lowest BCUT2D eigenvalue weighted by Gasteiger charge is -2.49. The summed E-state index contributed by atoms with van der Waals surface area (Å²) >= 11 is 0. The molecule has 2 rings (SSSR count). The molecule has 0 bridgehead atoms. The van der Waals surface area contributed by atoms with Gasteiger partial charge in [-0.15, -0.1) is 0 Å². The predicted molar refractivity (Wildman–Crippen MR) is 92.4 cm³/mol. The van der Waals surface area contributed by atoms with E-state index in [1.54, 1.807) is 0 Å². The molecule has 1 saturated heterocycles. The van der Waals surface area contributed by atoms with E-state index in [4.69, 9.17) is 5.73 Å². The van der Waals surface area contributed by atoms with Gasteiger partial charge in [-0.25, -0.2) is 0 Å². The Hall–Kier alpha value is -0.0800. The maximum atomic E-state index is 6.28. The van der Waals surface area contributed by atoms with Gasteiger partial charge in [-0.2, -0.15) is 0 Å². The van der Waals surface area contributed by atoms with E-state index < -0.39 is 0 Å². The largest absolute Gasteiger partial charge is 0.329 e. The van der Waals surface area contributed by atoms with Gasteiger partial charge >= 0.3 is 0 Å². The first kappa shape index (κ1) is 17.3. The van der Waals surface area contributed by atoms with E-state index in [9.17, 15) is 0 Å². The second kappa shape index (κ2) is 7.00. The van der Waals surface area contributed by atoms with Crippen LogP contribution in [0, 0.1) is 17.3 Å². The molecule has 1 atom stereocenters. The third-order valence-electron chi connectivity index (χ3n) is 6.97. The fourth-order valence-electron chi connectivity index (χ4n) is 4.78. The summed E-state index contributed by atoms with van der Waals surface area (Å²) in [7, 11) is 0. The van der Waals surface area contributed by atoms with E-state index in [0.29, 0.717) is 11.0 Å². The Morgan fingerprint density at radius 1 is 1.14 bits per heavy atom. The lowest BCUT2D eigenvalue weighted by molar-refractivity contribution is 0.0284. The highest BCUT2D eigenvalue weighted by molar-refractivity contribution is 5.00. The number of nitrogens with zero attached hydrogens (tertiary/aromatic N) is 1. The molecule has 1 saturated carbocycles. The normalized spacial score (nSPS) is 35.3. The van der Waals surface area contributed by atoms with Crippen molar-refractivity contribution in [2.45, 2.75) is 84.6 Å². The van der Waals surface area contributed by atoms with Crippen LogP contribution in [0.15, 0.2) is 0 Å². The molecule has 2 N–H and O–H groups in total. The van der Waals surface area contributed by atoms with Crippen molar-refractivity contribution in [3.8, 4) is 0 Å². The molecular weight excluding hydrogens is 256 g/mol. The maximum Gasteiger partial charge on any atom is 0.0332 e. The van der Waals surface area contributed by atoms with Crippen LogP contribution in [-0.4, -0.2) is 30.1 Å². The zero-order chi connectivity index (χ0) is 15.5. The van der Waals surface area contributed by atoms with Crippen molar-refractivity contribution >= 4 is 0 Å². The van der Waals surface area contributed by atoms with E-state index in [0.717, 1.165) is 18.4 Å². The average molecular weight is 295 g/mol. The Labute approximate surface area is 132 Å². The fraction of sp³-hybridized carbons (Fsp3) is 1.00. The van der Waals surface area contributed by atoms with Crippen molar-refractivity contribution in [1.82, 2.24) is 4.90 Å². The quantitative estimate of drug-likeness (QED) is 0.785. The SMILES string of the molecule is CCCC1CCN(C2(CN)CCC(C(C)(C)CC)CC2)C1. The Bertz CT molecular complexity index is 316. The molecule has 0 amide bonds. The Balaban J connectivity index is 1.96. The van der Waals surface area contributed by atoms with Crippen LogP contribution in [0.25, 0.3) is 0 Å². The van der Waals surface area contributed by atoms with Crippen molar-refractivity contribution in [2.75, 3.05) is 19.6 Å². The first-order valence-electron chi connectivity index (χ1n) is 9.42. The Morgan fingerprint density at radius 3 is 2.33 bits per heavy atom. The first-order chi connectivity index (χ1) is 9.97. The summed E-state index contributed by atoms with van der Waals surface area (Å²) in [5.74, 6) is 1.83. The third kappa shape index (κ3) is 3.64. The average Bonchev–Trinajstić information content (AvgIpc) is 2.97. The van der Waals surface area contributed by atoms with Gasteiger partial charge < -0.3 is 5.73 Å². The molecule has 0 spiro atoms. The maximum absolute atomic E-state index is 6.28. The van der Waals surface area contributed by atoms with E-state index in [1.807, 2.05) is 0 Å². The molecule has 0 aromatic rings. The van der Waals surface area contributed by atoms with Gasteiger partial charge in [0.25, 0.3) is 0 Å². The fourth-order valence-corrected chi connectivity index (χ4v) is 4.78. The molecule has 1 unspecified atom stereocenters. The lowest BCUT2D eigenvalue weighted by atomic mass is 9.65. The summed E-state index contributed by atoms with van der Waals surface area (Å²) in [6.07, 6.45) is 10.9. The van der Waals surface area contributed by atoms with Gasteiger partial charge in [-0.05, 0) is 62.3 Å². The minimum absolute atomic E-state index is 0.336. The predicted octanol–water partition coefficient (Wildman–Crippen LogP) is 4.43. The topological polar surface area (TPSA) is 29.3 Å². The molecule has 1 aliphatic heterocycles. The van der Waals surface area contributed by atoms with Gasteiger partial charge in [0.1, 0.15) is 0 Å². The zero-order valence-electron chi connectivity index (χ0n) is 15.0. The summed E-state index contributed by atoms with van der Waals surface area (Å²) < 4.78 is 0. The lowest BCUT2D eigenvalue weighted by Crippen LogP contribution is -2.55. The highest BCUT2D eigenvalue weighted by atomic mass is 15.2. The minimum Gasteiger partial charge on any atom is -0.329 e. The molecule has 0 aromatic heterocycles. The second-order valence-electron chi connectivity index (χ2n) is 8.43. The molecule has 2 heteroatoms. The van der Waals surface area contributed by atoms with Gasteiger partial charge in [0.2, 0.25) is 0 Å².